The molecule has 64 valence electrons. The average molecular weight is 176 g/mol. The Morgan fingerprint density at radius 3 is 2.79 bits per heavy atom. The summed E-state index contributed by atoms with van der Waals surface area (Å²) in [6.07, 6.45) is 9.68. The molecule has 0 radical (unpaired) electrons. The summed E-state index contributed by atoms with van der Waals surface area (Å²) in [7, 11) is 0. The minimum Gasteiger partial charge on any atom is -0.115 e. The Morgan fingerprint density at radius 2 is 1.93 bits per heavy atom. The summed E-state index contributed by atoms with van der Waals surface area (Å²) < 4.78 is 0. The Kier molecular flexibility index (Phi) is 1.32. The van der Waals surface area contributed by atoms with Gasteiger partial charge in [0.25, 0.3) is 0 Å². The first-order valence-corrected chi connectivity index (χ1v) is 4.60. The molecule has 0 atom stereocenters. The van der Waals surface area contributed by atoms with E-state index >= 15 is 0 Å². The van der Waals surface area contributed by atoms with Crippen molar-refractivity contribution in [1.29, 1.82) is 0 Å². The largest absolute Gasteiger partial charge is 0.115 e. The molecule has 1 aliphatic carbocycles. The topological polar surface area (TPSA) is 0 Å². The van der Waals surface area contributed by atoms with Gasteiger partial charge >= 0.3 is 0 Å². The van der Waals surface area contributed by atoms with Crippen LogP contribution in [0.4, 0.5) is 0 Å². The van der Waals surface area contributed by atoms with E-state index in [0.29, 0.717) is 0 Å². The molecule has 0 fully saturated rings. The van der Waals surface area contributed by atoms with E-state index in [-0.39, 0.29) is 0 Å². The summed E-state index contributed by atoms with van der Waals surface area (Å²) in [6, 6.07) is 10.4. The molecule has 0 amide bonds. The molecule has 0 aliphatic heterocycles. The Balaban J connectivity index is 2.58. The molecule has 0 heteroatoms. The maximum Gasteiger partial charge on any atom is 0.0321 e. The predicted molar refractivity (Wildman–Crippen MR) is 60.8 cm³/mol. The fourth-order valence-corrected chi connectivity index (χ4v) is 2.05. The van der Waals surface area contributed by atoms with Crippen LogP contribution in [0.1, 0.15) is 16.7 Å². The zero-order valence-corrected chi connectivity index (χ0v) is 7.62. The van der Waals surface area contributed by atoms with Crippen LogP contribution in [-0.4, -0.2) is 0 Å². The van der Waals surface area contributed by atoms with Gasteiger partial charge in [-0.2, -0.15) is 0 Å². The van der Waals surface area contributed by atoms with Crippen molar-refractivity contribution in [2.24, 2.45) is 0 Å². The van der Waals surface area contributed by atoms with Crippen molar-refractivity contribution in [2.45, 2.75) is 0 Å². The summed E-state index contributed by atoms with van der Waals surface area (Å²) in [6.45, 7) is 0. The van der Waals surface area contributed by atoms with E-state index in [4.69, 9.17) is 6.42 Å². The van der Waals surface area contributed by atoms with Gasteiger partial charge in [-0.1, -0.05) is 42.3 Å². The number of rotatable bonds is 0. The van der Waals surface area contributed by atoms with Gasteiger partial charge in [0.05, 0.1) is 0 Å². The molecule has 0 unspecified atom stereocenters. The van der Waals surface area contributed by atoms with E-state index in [1.165, 1.54) is 21.9 Å². The standard InChI is InChI=1S/C14H8/c1-2-10-6-7-11-4-3-5-12-8-9-13(10)14(11)12/h1,3-9H. The molecular weight excluding hydrogens is 168 g/mol. The van der Waals surface area contributed by atoms with Crippen molar-refractivity contribution in [3.8, 4) is 12.3 Å². The number of benzene rings is 2. The second-order valence-electron chi connectivity index (χ2n) is 3.45. The minimum absolute atomic E-state index is 0.985. The monoisotopic (exact) mass is 176 g/mol. The normalized spacial score (nSPS) is 11.9. The van der Waals surface area contributed by atoms with E-state index in [2.05, 4.69) is 42.3 Å². The molecule has 0 aromatic heterocycles. The minimum atomic E-state index is 0.985. The SMILES string of the molecule is C#Cc1ccc2cccc3c2c1C=C3. The fourth-order valence-electron chi connectivity index (χ4n) is 2.05. The van der Waals surface area contributed by atoms with Gasteiger partial charge in [-0.25, -0.2) is 0 Å². The fraction of sp³-hybridized carbons (Fsp3) is 0. The Hall–Kier alpha value is -2.00. The van der Waals surface area contributed by atoms with E-state index in [1.54, 1.807) is 0 Å². The molecule has 0 saturated heterocycles. The Morgan fingerprint density at radius 1 is 1.00 bits per heavy atom. The van der Waals surface area contributed by atoms with Crippen LogP contribution in [0.25, 0.3) is 22.9 Å². The van der Waals surface area contributed by atoms with E-state index in [9.17, 15) is 0 Å². The number of hydrogen-bond acceptors (Lipinski definition) is 0. The summed E-state index contributed by atoms with van der Waals surface area (Å²) in [5, 5.41) is 2.56. The van der Waals surface area contributed by atoms with Gasteiger partial charge in [0.15, 0.2) is 0 Å². The molecule has 2 aromatic carbocycles. The van der Waals surface area contributed by atoms with Gasteiger partial charge in [-0.3, -0.25) is 0 Å². The third-order valence-electron chi connectivity index (χ3n) is 2.70. The van der Waals surface area contributed by atoms with Gasteiger partial charge < -0.3 is 0 Å². The lowest BCUT2D eigenvalue weighted by Gasteiger charge is -2.03. The quantitative estimate of drug-likeness (QED) is 0.461. The van der Waals surface area contributed by atoms with Crippen molar-refractivity contribution in [3.63, 3.8) is 0 Å². The van der Waals surface area contributed by atoms with Crippen molar-refractivity contribution in [1.82, 2.24) is 0 Å². The van der Waals surface area contributed by atoms with Gasteiger partial charge in [-0.15, -0.1) is 6.42 Å². The van der Waals surface area contributed by atoms with E-state index < -0.39 is 0 Å². The van der Waals surface area contributed by atoms with Crippen molar-refractivity contribution in [2.75, 3.05) is 0 Å². The molecule has 0 N–H and O–H groups in total. The maximum absolute atomic E-state index is 5.46. The van der Waals surface area contributed by atoms with Crippen LogP contribution in [0.15, 0.2) is 30.3 Å². The lowest BCUT2D eigenvalue weighted by molar-refractivity contribution is 1.67. The Bertz CT molecular complexity index is 595. The zero-order chi connectivity index (χ0) is 9.54. The summed E-state index contributed by atoms with van der Waals surface area (Å²) in [5.41, 5.74) is 3.45. The molecule has 0 bridgehead atoms. The molecule has 0 spiro atoms. The molecule has 0 heterocycles. The smallest absolute Gasteiger partial charge is 0.0321 e. The van der Waals surface area contributed by atoms with Crippen molar-refractivity contribution in [3.05, 3.63) is 47.0 Å². The third-order valence-corrected chi connectivity index (χ3v) is 2.70. The number of hydrogen-bond donors (Lipinski definition) is 0. The molecule has 1 aliphatic rings. The second-order valence-corrected chi connectivity index (χ2v) is 3.45. The molecule has 14 heavy (non-hydrogen) atoms. The maximum atomic E-state index is 5.46. The summed E-state index contributed by atoms with van der Waals surface area (Å²) in [4.78, 5) is 0. The van der Waals surface area contributed by atoms with E-state index in [0.717, 1.165) is 5.56 Å². The molecule has 0 nitrogen and oxygen atoms in total. The highest BCUT2D eigenvalue weighted by Crippen LogP contribution is 2.32. The van der Waals surface area contributed by atoms with Crippen molar-refractivity contribution < 1.29 is 0 Å². The van der Waals surface area contributed by atoms with Crippen LogP contribution in [0, 0.1) is 12.3 Å². The highest BCUT2D eigenvalue weighted by Gasteiger charge is 2.10. The van der Waals surface area contributed by atoms with Crippen LogP contribution >= 0.6 is 0 Å². The van der Waals surface area contributed by atoms with Crippen molar-refractivity contribution >= 4 is 22.9 Å². The first kappa shape index (κ1) is 7.41. The summed E-state index contributed by atoms with van der Waals surface area (Å²) in [5.74, 6) is 2.72. The highest BCUT2D eigenvalue weighted by atomic mass is 14.1. The molecular formula is C14H8. The van der Waals surface area contributed by atoms with Crippen LogP contribution in [-0.2, 0) is 0 Å². The van der Waals surface area contributed by atoms with Crippen LogP contribution < -0.4 is 0 Å². The third kappa shape index (κ3) is 0.791. The van der Waals surface area contributed by atoms with Crippen LogP contribution in [0.5, 0.6) is 0 Å². The van der Waals surface area contributed by atoms with E-state index in [1.807, 2.05) is 6.07 Å². The lowest BCUT2D eigenvalue weighted by atomic mass is 10.0. The number of terminal acetylenes is 1. The molecule has 3 rings (SSSR count). The zero-order valence-electron chi connectivity index (χ0n) is 7.62. The van der Waals surface area contributed by atoms with Crippen LogP contribution in [0.2, 0.25) is 0 Å². The summed E-state index contributed by atoms with van der Waals surface area (Å²) >= 11 is 0. The predicted octanol–water partition coefficient (Wildman–Crippen LogP) is 3.30. The van der Waals surface area contributed by atoms with Crippen LogP contribution in [0.3, 0.4) is 0 Å². The Labute approximate surface area is 82.9 Å². The van der Waals surface area contributed by atoms with Gasteiger partial charge in [0.2, 0.25) is 0 Å². The second kappa shape index (κ2) is 2.49. The first-order chi connectivity index (χ1) is 6.90. The molecule has 0 saturated carbocycles. The average Bonchev–Trinajstić information content (AvgIpc) is 2.66. The van der Waals surface area contributed by atoms with Gasteiger partial charge in [0, 0.05) is 5.56 Å². The van der Waals surface area contributed by atoms with Gasteiger partial charge in [-0.05, 0) is 28.0 Å². The first-order valence-electron chi connectivity index (χ1n) is 4.60. The molecule has 2 aromatic rings. The highest BCUT2D eigenvalue weighted by molar-refractivity contribution is 6.06. The van der Waals surface area contributed by atoms with Gasteiger partial charge in [0.1, 0.15) is 0 Å². The lowest BCUT2D eigenvalue weighted by Crippen LogP contribution is -1.83.